The highest BCUT2D eigenvalue weighted by atomic mass is 35.5. The van der Waals surface area contributed by atoms with Gasteiger partial charge in [0.05, 0.1) is 31.5 Å². The molecule has 39 heavy (non-hydrogen) atoms. The average molecular weight is 579 g/mol. The molecule has 0 radical (unpaired) electrons. The highest BCUT2D eigenvalue weighted by Crippen LogP contribution is 2.35. The second-order valence-electron chi connectivity index (χ2n) is 9.44. The van der Waals surface area contributed by atoms with Gasteiger partial charge in [0.15, 0.2) is 0 Å². The Hall–Kier alpha value is -2.98. The molecule has 3 aromatic rings. The molecule has 1 atom stereocenters. The van der Waals surface area contributed by atoms with Crippen molar-refractivity contribution in [2.45, 2.75) is 32.9 Å². The van der Waals surface area contributed by atoms with E-state index in [2.05, 4.69) is 46.4 Å². The maximum atomic E-state index is 13.4. The maximum absolute atomic E-state index is 13.4. The van der Waals surface area contributed by atoms with Crippen molar-refractivity contribution in [1.82, 2.24) is 14.9 Å². The SMILES string of the molecule is Cc1c(COC(=O)CN2CCOCC2)nc(Nc2ccc(F)cc2)nc1N1CCc2ccccc2C1C.Cl.Cl. The van der Waals surface area contributed by atoms with Gasteiger partial charge in [-0.2, -0.15) is 4.98 Å². The smallest absolute Gasteiger partial charge is 0.320 e. The first-order chi connectivity index (χ1) is 18.0. The number of aromatic nitrogens is 2. The first-order valence-electron chi connectivity index (χ1n) is 12.7. The molecule has 1 saturated heterocycles. The molecular formula is C28H34Cl2FN5O3. The Morgan fingerprint density at radius 3 is 2.54 bits per heavy atom. The monoisotopic (exact) mass is 577 g/mol. The van der Waals surface area contributed by atoms with Crippen LogP contribution in [-0.2, 0) is 27.3 Å². The van der Waals surface area contributed by atoms with E-state index < -0.39 is 0 Å². The van der Waals surface area contributed by atoms with Crippen molar-refractivity contribution < 1.29 is 18.7 Å². The van der Waals surface area contributed by atoms with E-state index in [-0.39, 0.29) is 55.8 Å². The third-order valence-corrected chi connectivity index (χ3v) is 7.01. The van der Waals surface area contributed by atoms with Crippen LogP contribution in [0.15, 0.2) is 48.5 Å². The molecule has 0 spiro atoms. The van der Waals surface area contributed by atoms with Crippen LogP contribution in [0.4, 0.5) is 21.8 Å². The minimum absolute atomic E-state index is 0. The van der Waals surface area contributed by atoms with E-state index >= 15 is 0 Å². The highest BCUT2D eigenvalue weighted by molar-refractivity contribution is 5.85. The molecule has 5 rings (SSSR count). The van der Waals surface area contributed by atoms with E-state index in [9.17, 15) is 9.18 Å². The van der Waals surface area contributed by atoms with Crippen LogP contribution in [0.2, 0.25) is 0 Å². The van der Waals surface area contributed by atoms with E-state index in [1.807, 2.05) is 11.8 Å². The molecular weight excluding hydrogens is 544 g/mol. The lowest BCUT2D eigenvalue weighted by molar-refractivity contribution is -0.147. The largest absolute Gasteiger partial charge is 0.458 e. The molecule has 11 heteroatoms. The summed E-state index contributed by atoms with van der Waals surface area (Å²) in [6, 6.07) is 14.6. The molecule has 1 fully saturated rings. The Morgan fingerprint density at radius 2 is 1.79 bits per heavy atom. The zero-order valence-corrected chi connectivity index (χ0v) is 23.7. The van der Waals surface area contributed by atoms with Crippen molar-refractivity contribution >= 4 is 48.2 Å². The number of benzene rings is 2. The lowest BCUT2D eigenvalue weighted by Crippen LogP contribution is -2.40. The number of hydrogen-bond acceptors (Lipinski definition) is 8. The lowest BCUT2D eigenvalue weighted by atomic mass is 9.93. The van der Waals surface area contributed by atoms with Crippen LogP contribution < -0.4 is 10.2 Å². The van der Waals surface area contributed by atoms with Gasteiger partial charge in [0, 0.05) is 30.9 Å². The normalized spacial score (nSPS) is 16.9. The van der Waals surface area contributed by atoms with Gasteiger partial charge in [-0.1, -0.05) is 24.3 Å². The quantitative estimate of drug-likeness (QED) is 0.392. The molecule has 1 N–H and O–H groups in total. The zero-order valence-electron chi connectivity index (χ0n) is 22.1. The number of anilines is 3. The van der Waals surface area contributed by atoms with Gasteiger partial charge in [-0.05, 0) is 55.7 Å². The molecule has 2 aliphatic rings. The van der Waals surface area contributed by atoms with Crippen LogP contribution in [-0.4, -0.2) is 60.2 Å². The Bertz CT molecular complexity index is 1260. The Kier molecular flexibility index (Phi) is 10.9. The first kappa shape index (κ1) is 30.6. The van der Waals surface area contributed by atoms with Gasteiger partial charge >= 0.3 is 5.97 Å². The number of carbonyl (C=O) groups excluding carboxylic acids is 1. The third-order valence-electron chi connectivity index (χ3n) is 7.01. The number of carbonyl (C=O) groups is 1. The van der Waals surface area contributed by atoms with Crippen LogP contribution in [0.25, 0.3) is 0 Å². The number of nitrogens with zero attached hydrogens (tertiary/aromatic N) is 4. The van der Waals surface area contributed by atoms with Gasteiger partial charge < -0.3 is 19.7 Å². The molecule has 0 amide bonds. The summed E-state index contributed by atoms with van der Waals surface area (Å²) in [5.74, 6) is 0.554. The fourth-order valence-electron chi connectivity index (χ4n) is 4.89. The number of rotatable bonds is 7. The molecule has 0 aliphatic carbocycles. The number of nitrogens with one attached hydrogen (secondary N) is 1. The number of hydrogen-bond donors (Lipinski definition) is 1. The second kappa shape index (κ2) is 13.9. The summed E-state index contributed by atoms with van der Waals surface area (Å²) in [4.78, 5) is 26.4. The molecule has 0 saturated carbocycles. The molecule has 210 valence electrons. The van der Waals surface area contributed by atoms with Gasteiger partial charge in [0.1, 0.15) is 18.2 Å². The number of ether oxygens (including phenoxy) is 2. The van der Waals surface area contributed by atoms with E-state index in [0.29, 0.717) is 43.6 Å². The second-order valence-corrected chi connectivity index (χ2v) is 9.44. The summed E-state index contributed by atoms with van der Waals surface area (Å²) in [6.45, 7) is 7.89. The van der Waals surface area contributed by atoms with Crippen molar-refractivity contribution in [1.29, 1.82) is 0 Å². The van der Waals surface area contributed by atoms with Crippen molar-refractivity contribution in [3.8, 4) is 0 Å². The third kappa shape index (κ3) is 7.36. The minimum atomic E-state index is -0.315. The first-order valence-corrected chi connectivity index (χ1v) is 12.7. The molecule has 1 aromatic heterocycles. The summed E-state index contributed by atoms with van der Waals surface area (Å²) in [6.07, 6.45) is 0.911. The summed E-state index contributed by atoms with van der Waals surface area (Å²) in [5.41, 5.74) is 4.80. The van der Waals surface area contributed by atoms with E-state index in [1.165, 1.54) is 23.3 Å². The van der Waals surface area contributed by atoms with Crippen LogP contribution >= 0.6 is 24.8 Å². The fourth-order valence-corrected chi connectivity index (χ4v) is 4.89. The molecule has 3 heterocycles. The van der Waals surface area contributed by atoms with Gasteiger partial charge in [-0.25, -0.2) is 9.37 Å². The standard InChI is InChI=1S/C28H32FN5O3.2ClH/c1-19-25(18-37-26(35)17-33-13-15-36-16-14-33)31-28(30-23-9-7-22(29)8-10-23)32-27(19)34-12-11-21-5-3-4-6-24(21)20(34)2;;/h3-10,20H,11-18H2,1-2H3,(H,30,31,32);2*1H. The number of morpholine rings is 1. The summed E-state index contributed by atoms with van der Waals surface area (Å²) >= 11 is 0. The summed E-state index contributed by atoms with van der Waals surface area (Å²) in [5, 5.41) is 3.19. The molecule has 0 bridgehead atoms. The Balaban J connectivity index is 0.00000210. The van der Waals surface area contributed by atoms with Crippen LogP contribution in [0.5, 0.6) is 0 Å². The van der Waals surface area contributed by atoms with Gasteiger partial charge in [0.2, 0.25) is 5.95 Å². The fraction of sp³-hybridized carbons (Fsp3) is 0.393. The van der Waals surface area contributed by atoms with E-state index in [4.69, 9.17) is 14.5 Å². The topological polar surface area (TPSA) is 79.8 Å². The summed E-state index contributed by atoms with van der Waals surface area (Å²) in [7, 11) is 0. The van der Waals surface area contributed by atoms with Crippen molar-refractivity contribution in [2.75, 3.05) is 49.6 Å². The van der Waals surface area contributed by atoms with Gasteiger partial charge in [-0.15, -0.1) is 24.8 Å². The predicted molar refractivity (Wildman–Crippen MR) is 154 cm³/mol. The Labute approximate surface area is 240 Å². The average Bonchev–Trinajstić information content (AvgIpc) is 2.91. The molecule has 2 aromatic carbocycles. The minimum Gasteiger partial charge on any atom is -0.458 e. The van der Waals surface area contributed by atoms with Gasteiger partial charge in [-0.3, -0.25) is 9.69 Å². The number of esters is 1. The molecule has 2 aliphatic heterocycles. The van der Waals surface area contributed by atoms with E-state index in [0.717, 1.165) is 24.3 Å². The summed E-state index contributed by atoms with van der Waals surface area (Å²) < 4.78 is 24.4. The number of fused-ring (bicyclic) bond motifs is 1. The molecule has 1 unspecified atom stereocenters. The zero-order chi connectivity index (χ0) is 25.8. The predicted octanol–water partition coefficient (Wildman–Crippen LogP) is 5.01. The lowest BCUT2D eigenvalue weighted by Gasteiger charge is -2.37. The highest BCUT2D eigenvalue weighted by Gasteiger charge is 2.27. The van der Waals surface area contributed by atoms with Gasteiger partial charge in [0.25, 0.3) is 0 Å². The molecule has 8 nitrogen and oxygen atoms in total. The van der Waals surface area contributed by atoms with Crippen LogP contribution in [0.1, 0.15) is 35.3 Å². The van der Waals surface area contributed by atoms with Crippen molar-refractivity contribution in [2.24, 2.45) is 0 Å². The van der Waals surface area contributed by atoms with Crippen LogP contribution in [0.3, 0.4) is 0 Å². The Morgan fingerprint density at radius 1 is 1.08 bits per heavy atom. The number of halogens is 3. The van der Waals surface area contributed by atoms with E-state index in [1.54, 1.807) is 12.1 Å². The maximum Gasteiger partial charge on any atom is 0.320 e. The van der Waals surface area contributed by atoms with Crippen molar-refractivity contribution in [3.63, 3.8) is 0 Å². The van der Waals surface area contributed by atoms with Crippen molar-refractivity contribution in [3.05, 3.63) is 76.7 Å². The van der Waals surface area contributed by atoms with Crippen LogP contribution in [0, 0.1) is 12.7 Å².